The van der Waals surface area contributed by atoms with Gasteiger partial charge in [0.15, 0.2) is 12.4 Å². The number of carbonyl (C=O) groups is 3. The molecule has 2 heterocycles. The molecule has 9 heteroatoms. The van der Waals surface area contributed by atoms with Gasteiger partial charge in [-0.2, -0.15) is 0 Å². The summed E-state index contributed by atoms with van der Waals surface area (Å²) < 4.78 is 7.01. The van der Waals surface area contributed by atoms with Crippen molar-refractivity contribution in [1.82, 2.24) is 20.2 Å². The monoisotopic (exact) mass is 417 g/mol. The summed E-state index contributed by atoms with van der Waals surface area (Å²) in [6.45, 7) is 3.67. The van der Waals surface area contributed by atoms with Crippen LogP contribution in [0.3, 0.4) is 0 Å². The highest BCUT2D eigenvalue weighted by atomic mass is 16.5. The van der Waals surface area contributed by atoms with Gasteiger partial charge in [0.2, 0.25) is 0 Å². The minimum Gasteiger partial charge on any atom is -0.454 e. The van der Waals surface area contributed by atoms with Gasteiger partial charge in [-0.05, 0) is 72.5 Å². The lowest BCUT2D eigenvalue weighted by molar-refractivity contribution is 0.0456. The number of nitrogens with zero attached hydrogens (tertiary/aromatic N) is 5. The molecule has 2 amide bonds. The lowest BCUT2D eigenvalue weighted by atomic mass is 10.1. The van der Waals surface area contributed by atoms with Crippen molar-refractivity contribution < 1.29 is 19.1 Å². The Morgan fingerprint density at radius 2 is 1.84 bits per heavy atom. The second kappa shape index (κ2) is 7.12. The molecule has 0 N–H and O–H groups in total. The molecular formula is C22H19N5O4. The number of benzene rings is 2. The van der Waals surface area contributed by atoms with Crippen molar-refractivity contribution in [2.75, 3.05) is 4.90 Å². The van der Waals surface area contributed by atoms with Crippen molar-refractivity contribution in [3.63, 3.8) is 0 Å². The maximum absolute atomic E-state index is 13.0. The molecule has 1 aliphatic carbocycles. The van der Waals surface area contributed by atoms with Gasteiger partial charge in [0.25, 0.3) is 11.8 Å². The number of esters is 1. The first-order valence-electron chi connectivity index (χ1n) is 9.98. The molecule has 0 atom stereocenters. The van der Waals surface area contributed by atoms with Gasteiger partial charge in [-0.3, -0.25) is 9.59 Å². The predicted molar refractivity (Wildman–Crippen MR) is 109 cm³/mol. The third kappa shape index (κ3) is 3.27. The zero-order chi connectivity index (χ0) is 21.7. The normalized spacial score (nSPS) is 15.4. The highest BCUT2D eigenvalue weighted by Gasteiger charge is 2.38. The summed E-state index contributed by atoms with van der Waals surface area (Å²) in [5, 5.41) is 11.5. The zero-order valence-corrected chi connectivity index (χ0v) is 17.0. The van der Waals surface area contributed by atoms with Crippen LogP contribution >= 0.6 is 0 Å². The lowest BCUT2D eigenvalue weighted by Gasteiger charge is -2.17. The molecule has 0 radical (unpaired) electrons. The molecule has 3 aromatic rings. The van der Waals surface area contributed by atoms with Crippen LogP contribution in [-0.2, 0) is 11.3 Å². The molecule has 1 aliphatic heterocycles. The number of carbonyl (C=O) groups excluding carboxylic acids is 3. The van der Waals surface area contributed by atoms with Gasteiger partial charge < -0.3 is 4.74 Å². The van der Waals surface area contributed by atoms with Crippen LogP contribution in [0.4, 0.5) is 5.69 Å². The molecule has 0 bridgehead atoms. The summed E-state index contributed by atoms with van der Waals surface area (Å²) in [7, 11) is 0. The van der Waals surface area contributed by atoms with Gasteiger partial charge in [-0.25, -0.2) is 14.4 Å². The number of tetrazole rings is 1. The Balaban J connectivity index is 1.38. The molecule has 1 fully saturated rings. The second-order valence-electron chi connectivity index (χ2n) is 7.84. The van der Waals surface area contributed by atoms with Crippen LogP contribution in [0, 0.1) is 13.8 Å². The Morgan fingerprint density at radius 3 is 2.61 bits per heavy atom. The quantitative estimate of drug-likeness (QED) is 0.464. The largest absolute Gasteiger partial charge is 0.454 e. The number of hydrogen-bond acceptors (Lipinski definition) is 7. The molecule has 0 unspecified atom stereocenters. The molecule has 2 aliphatic rings. The van der Waals surface area contributed by atoms with E-state index in [9.17, 15) is 14.4 Å². The number of hydrogen-bond donors (Lipinski definition) is 0. The van der Waals surface area contributed by atoms with E-state index in [4.69, 9.17) is 4.74 Å². The topological polar surface area (TPSA) is 107 Å². The van der Waals surface area contributed by atoms with Crippen molar-refractivity contribution in [3.8, 4) is 0 Å². The minimum atomic E-state index is -0.612. The fourth-order valence-electron chi connectivity index (χ4n) is 3.67. The van der Waals surface area contributed by atoms with Gasteiger partial charge >= 0.3 is 5.97 Å². The Morgan fingerprint density at radius 1 is 1.06 bits per heavy atom. The number of fused-ring (bicyclic) bond motifs is 1. The molecule has 9 nitrogen and oxygen atoms in total. The van der Waals surface area contributed by atoms with E-state index in [1.807, 2.05) is 26.0 Å². The highest BCUT2D eigenvalue weighted by Crippen LogP contribution is 2.34. The Kier molecular flexibility index (Phi) is 4.39. The minimum absolute atomic E-state index is 0.0685. The summed E-state index contributed by atoms with van der Waals surface area (Å²) in [5.74, 6) is -0.999. The number of aromatic nitrogens is 4. The summed E-state index contributed by atoms with van der Waals surface area (Å²) in [5.41, 5.74) is 2.93. The first-order valence-corrected chi connectivity index (χ1v) is 9.98. The SMILES string of the molecule is Cc1ccc(C)c(N2C(=O)c3ccc(C(=O)OCc4nnnn4C4CC4)cc3C2=O)c1. The Labute approximate surface area is 177 Å². The molecule has 0 spiro atoms. The molecule has 1 aromatic heterocycles. The first-order chi connectivity index (χ1) is 14.9. The number of amides is 2. The van der Waals surface area contributed by atoms with Gasteiger partial charge in [0.1, 0.15) is 0 Å². The maximum Gasteiger partial charge on any atom is 0.338 e. The Hall–Kier alpha value is -3.88. The summed E-state index contributed by atoms with van der Waals surface area (Å²) in [4.78, 5) is 39.7. The summed E-state index contributed by atoms with van der Waals surface area (Å²) in [6, 6.07) is 10.2. The van der Waals surface area contributed by atoms with Crippen molar-refractivity contribution in [3.05, 3.63) is 70.0 Å². The van der Waals surface area contributed by atoms with Crippen molar-refractivity contribution in [2.45, 2.75) is 39.3 Å². The predicted octanol–water partition coefficient (Wildman–Crippen LogP) is 2.78. The fourth-order valence-corrected chi connectivity index (χ4v) is 3.67. The maximum atomic E-state index is 13.0. The van der Waals surface area contributed by atoms with Crippen LogP contribution in [0.2, 0.25) is 0 Å². The molecule has 1 saturated carbocycles. The average molecular weight is 417 g/mol. The van der Waals surface area contributed by atoms with Crippen LogP contribution in [0.25, 0.3) is 0 Å². The number of aryl methyl sites for hydroxylation is 2. The van der Waals surface area contributed by atoms with E-state index >= 15 is 0 Å². The van der Waals surface area contributed by atoms with E-state index in [0.717, 1.165) is 28.9 Å². The third-order valence-corrected chi connectivity index (χ3v) is 5.51. The average Bonchev–Trinajstić information content (AvgIpc) is 3.45. The standard InChI is InChI=1S/C22H19N5O4/c1-12-3-4-13(2)18(9-12)26-20(28)16-8-5-14(10-17(16)21(26)29)22(30)31-11-19-23-24-25-27(19)15-6-7-15/h3-5,8-10,15H,6-7,11H2,1-2H3. The lowest BCUT2D eigenvalue weighted by Crippen LogP contribution is -2.30. The van der Waals surface area contributed by atoms with E-state index in [2.05, 4.69) is 15.5 Å². The van der Waals surface area contributed by atoms with E-state index in [-0.39, 0.29) is 29.3 Å². The number of ether oxygens (including phenoxy) is 1. The van der Waals surface area contributed by atoms with E-state index in [1.165, 1.54) is 18.2 Å². The molecule has 156 valence electrons. The molecule has 31 heavy (non-hydrogen) atoms. The van der Waals surface area contributed by atoms with Crippen LogP contribution in [0.15, 0.2) is 36.4 Å². The second-order valence-corrected chi connectivity index (χ2v) is 7.84. The van der Waals surface area contributed by atoms with Crippen LogP contribution in [-0.4, -0.2) is 38.0 Å². The van der Waals surface area contributed by atoms with Crippen molar-refractivity contribution >= 4 is 23.5 Å². The van der Waals surface area contributed by atoms with Gasteiger partial charge in [-0.15, -0.1) is 5.10 Å². The van der Waals surface area contributed by atoms with Crippen LogP contribution in [0.1, 0.15) is 66.9 Å². The summed E-state index contributed by atoms with van der Waals surface area (Å²) >= 11 is 0. The summed E-state index contributed by atoms with van der Waals surface area (Å²) in [6.07, 6.45) is 2.01. The highest BCUT2D eigenvalue weighted by molar-refractivity contribution is 6.35. The van der Waals surface area contributed by atoms with E-state index < -0.39 is 17.8 Å². The van der Waals surface area contributed by atoms with Crippen molar-refractivity contribution in [1.29, 1.82) is 0 Å². The van der Waals surface area contributed by atoms with Gasteiger partial charge in [0.05, 0.1) is 28.4 Å². The molecule has 5 rings (SSSR count). The first kappa shape index (κ1) is 19.1. The molecular weight excluding hydrogens is 398 g/mol. The van der Waals surface area contributed by atoms with Crippen LogP contribution < -0.4 is 4.90 Å². The Bertz CT molecular complexity index is 1240. The van der Waals surface area contributed by atoms with E-state index in [0.29, 0.717) is 11.5 Å². The zero-order valence-electron chi connectivity index (χ0n) is 17.0. The third-order valence-electron chi connectivity index (χ3n) is 5.51. The van der Waals surface area contributed by atoms with Gasteiger partial charge in [0, 0.05) is 0 Å². The number of rotatable bonds is 5. The molecule has 2 aromatic carbocycles. The van der Waals surface area contributed by atoms with E-state index in [1.54, 1.807) is 10.7 Å². The number of anilines is 1. The van der Waals surface area contributed by atoms with Crippen molar-refractivity contribution in [2.24, 2.45) is 0 Å². The number of imide groups is 1. The van der Waals surface area contributed by atoms with Gasteiger partial charge in [-0.1, -0.05) is 12.1 Å². The molecule has 0 saturated heterocycles. The smallest absolute Gasteiger partial charge is 0.338 e. The van der Waals surface area contributed by atoms with Crippen LogP contribution in [0.5, 0.6) is 0 Å². The fraction of sp³-hybridized carbons (Fsp3) is 0.273.